The van der Waals surface area contributed by atoms with Gasteiger partial charge in [-0.05, 0) is 87.0 Å². The number of nitrogens with one attached hydrogen (secondary N) is 1. The van der Waals surface area contributed by atoms with E-state index < -0.39 is 0 Å². The lowest BCUT2D eigenvalue weighted by molar-refractivity contribution is 0.259. The van der Waals surface area contributed by atoms with Crippen LogP contribution in [0.5, 0.6) is 0 Å². The van der Waals surface area contributed by atoms with Crippen molar-refractivity contribution in [2.24, 2.45) is 17.8 Å². The summed E-state index contributed by atoms with van der Waals surface area (Å²) >= 11 is 0. The van der Waals surface area contributed by atoms with E-state index >= 15 is 0 Å². The van der Waals surface area contributed by atoms with E-state index in [9.17, 15) is 0 Å². The van der Waals surface area contributed by atoms with Gasteiger partial charge < -0.3 is 5.32 Å². The maximum Gasteiger partial charge on any atom is 0.0210 e. The number of aryl methyl sites for hydroxylation is 3. The van der Waals surface area contributed by atoms with Crippen LogP contribution in [0, 0.1) is 38.5 Å². The molecule has 1 heteroatoms. The van der Waals surface area contributed by atoms with Crippen molar-refractivity contribution in [1.82, 2.24) is 5.32 Å². The molecule has 0 heterocycles. The van der Waals surface area contributed by atoms with Crippen molar-refractivity contribution >= 4 is 0 Å². The number of benzene rings is 1. The fourth-order valence-electron chi connectivity index (χ4n) is 4.54. The van der Waals surface area contributed by atoms with E-state index in [-0.39, 0.29) is 0 Å². The molecule has 0 spiro atoms. The molecule has 1 aromatic rings. The van der Waals surface area contributed by atoms with Gasteiger partial charge in [0.1, 0.15) is 0 Å². The maximum absolute atomic E-state index is 3.81. The standard InChI is InChI=1S/C19H29N/c1-12-7-14(3)18(8-13(12)2)11-20-15(4)19-10-16-5-6-17(19)9-16/h7-8,15-17,19-20H,5-6,9-11H2,1-4H3. The van der Waals surface area contributed by atoms with Gasteiger partial charge in [-0.2, -0.15) is 0 Å². The molecule has 2 saturated carbocycles. The molecule has 0 aromatic heterocycles. The van der Waals surface area contributed by atoms with Crippen LogP contribution < -0.4 is 5.32 Å². The number of hydrogen-bond donors (Lipinski definition) is 1. The molecule has 4 atom stereocenters. The van der Waals surface area contributed by atoms with Gasteiger partial charge in [0.15, 0.2) is 0 Å². The minimum atomic E-state index is 0.673. The molecule has 2 fully saturated rings. The zero-order valence-corrected chi connectivity index (χ0v) is 13.5. The van der Waals surface area contributed by atoms with E-state index in [2.05, 4.69) is 45.1 Å². The van der Waals surface area contributed by atoms with Crippen molar-refractivity contribution in [1.29, 1.82) is 0 Å². The molecule has 1 nitrogen and oxygen atoms in total. The number of rotatable bonds is 4. The second kappa shape index (κ2) is 5.52. The summed E-state index contributed by atoms with van der Waals surface area (Å²) in [6, 6.07) is 5.37. The Bertz CT molecular complexity index is 491. The fraction of sp³-hybridized carbons (Fsp3) is 0.684. The van der Waals surface area contributed by atoms with Crippen LogP contribution in [-0.2, 0) is 6.54 Å². The van der Waals surface area contributed by atoms with Crippen molar-refractivity contribution in [3.63, 3.8) is 0 Å². The Labute approximate surface area is 124 Å². The molecule has 0 amide bonds. The summed E-state index contributed by atoms with van der Waals surface area (Å²) in [5.74, 6) is 3.00. The molecule has 1 N–H and O–H groups in total. The molecule has 0 radical (unpaired) electrons. The highest BCUT2D eigenvalue weighted by atomic mass is 14.9. The Balaban J connectivity index is 1.60. The summed E-state index contributed by atoms with van der Waals surface area (Å²) in [6.07, 6.45) is 5.98. The first-order valence-corrected chi connectivity index (χ1v) is 8.34. The lowest BCUT2D eigenvalue weighted by Crippen LogP contribution is -2.36. The molecule has 2 bridgehead atoms. The first kappa shape index (κ1) is 14.1. The quantitative estimate of drug-likeness (QED) is 0.848. The molecule has 1 aromatic carbocycles. The third-order valence-electron chi connectivity index (χ3n) is 6.00. The number of fused-ring (bicyclic) bond motifs is 2. The van der Waals surface area contributed by atoms with Crippen molar-refractivity contribution in [2.75, 3.05) is 0 Å². The van der Waals surface area contributed by atoms with Crippen LogP contribution in [-0.4, -0.2) is 6.04 Å². The lowest BCUT2D eigenvalue weighted by Gasteiger charge is -2.29. The average molecular weight is 271 g/mol. The Morgan fingerprint density at radius 2 is 1.80 bits per heavy atom. The normalized spacial score (nSPS) is 29.9. The predicted molar refractivity (Wildman–Crippen MR) is 85.9 cm³/mol. The van der Waals surface area contributed by atoms with Gasteiger partial charge in [-0.15, -0.1) is 0 Å². The summed E-state index contributed by atoms with van der Waals surface area (Å²) in [6.45, 7) is 10.1. The Morgan fingerprint density at radius 3 is 2.45 bits per heavy atom. The van der Waals surface area contributed by atoms with E-state index in [4.69, 9.17) is 0 Å². The SMILES string of the molecule is Cc1cc(C)c(CNC(C)C2CC3CCC2C3)cc1C. The van der Waals surface area contributed by atoms with Gasteiger partial charge in [-0.1, -0.05) is 18.6 Å². The highest BCUT2D eigenvalue weighted by Gasteiger charge is 2.41. The van der Waals surface area contributed by atoms with Crippen molar-refractivity contribution in [3.8, 4) is 0 Å². The van der Waals surface area contributed by atoms with E-state index in [0.717, 1.165) is 24.3 Å². The van der Waals surface area contributed by atoms with Crippen molar-refractivity contribution in [3.05, 3.63) is 34.4 Å². The Hall–Kier alpha value is -0.820. The zero-order chi connectivity index (χ0) is 14.3. The fourth-order valence-corrected chi connectivity index (χ4v) is 4.54. The summed E-state index contributed by atoms with van der Waals surface area (Å²) in [7, 11) is 0. The topological polar surface area (TPSA) is 12.0 Å². The van der Waals surface area contributed by atoms with E-state index in [1.165, 1.54) is 47.9 Å². The molecule has 0 saturated heterocycles. The summed E-state index contributed by atoms with van der Waals surface area (Å²) < 4.78 is 0. The van der Waals surface area contributed by atoms with Gasteiger partial charge in [0.05, 0.1) is 0 Å². The highest BCUT2D eigenvalue weighted by Crippen LogP contribution is 2.49. The third-order valence-corrected chi connectivity index (χ3v) is 6.00. The Morgan fingerprint density at radius 1 is 1.05 bits per heavy atom. The van der Waals surface area contributed by atoms with Crippen LogP contribution in [0.25, 0.3) is 0 Å². The summed E-state index contributed by atoms with van der Waals surface area (Å²) in [5, 5.41) is 3.81. The monoisotopic (exact) mass is 271 g/mol. The molecule has 110 valence electrons. The second-order valence-corrected chi connectivity index (χ2v) is 7.37. The summed E-state index contributed by atoms with van der Waals surface area (Å²) in [5.41, 5.74) is 5.73. The predicted octanol–water partition coefficient (Wildman–Crippen LogP) is 4.53. The van der Waals surface area contributed by atoms with Gasteiger partial charge in [0.25, 0.3) is 0 Å². The smallest absolute Gasteiger partial charge is 0.0210 e. The van der Waals surface area contributed by atoms with Crippen LogP contribution in [0.3, 0.4) is 0 Å². The molecular formula is C19H29N. The van der Waals surface area contributed by atoms with Crippen LogP contribution in [0.4, 0.5) is 0 Å². The van der Waals surface area contributed by atoms with Crippen LogP contribution in [0.2, 0.25) is 0 Å². The van der Waals surface area contributed by atoms with E-state index in [1.807, 2.05) is 0 Å². The minimum Gasteiger partial charge on any atom is -0.310 e. The minimum absolute atomic E-state index is 0.673. The van der Waals surface area contributed by atoms with Crippen LogP contribution >= 0.6 is 0 Å². The van der Waals surface area contributed by atoms with Gasteiger partial charge in [-0.3, -0.25) is 0 Å². The van der Waals surface area contributed by atoms with Gasteiger partial charge in [0.2, 0.25) is 0 Å². The largest absolute Gasteiger partial charge is 0.310 e. The molecule has 2 aliphatic rings. The molecule has 4 unspecified atom stereocenters. The van der Waals surface area contributed by atoms with Gasteiger partial charge in [-0.25, -0.2) is 0 Å². The third kappa shape index (κ3) is 2.65. The molecule has 0 aliphatic heterocycles. The van der Waals surface area contributed by atoms with Crippen molar-refractivity contribution in [2.45, 2.75) is 66.0 Å². The van der Waals surface area contributed by atoms with Crippen LogP contribution in [0.1, 0.15) is 54.9 Å². The second-order valence-electron chi connectivity index (χ2n) is 7.37. The molecule has 2 aliphatic carbocycles. The van der Waals surface area contributed by atoms with Gasteiger partial charge in [0, 0.05) is 12.6 Å². The van der Waals surface area contributed by atoms with E-state index in [1.54, 1.807) is 0 Å². The first-order chi connectivity index (χ1) is 9.54. The zero-order valence-electron chi connectivity index (χ0n) is 13.5. The van der Waals surface area contributed by atoms with Crippen molar-refractivity contribution < 1.29 is 0 Å². The van der Waals surface area contributed by atoms with E-state index in [0.29, 0.717) is 6.04 Å². The summed E-state index contributed by atoms with van der Waals surface area (Å²) in [4.78, 5) is 0. The number of hydrogen-bond acceptors (Lipinski definition) is 1. The first-order valence-electron chi connectivity index (χ1n) is 8.34. The lowest BCUT2D eigenvalue weighted by atomic mass is 9.84. The average Bonchev–Trinajstić information content (AvgIpc) is 3.03. The molecule has 20 heavy (non-hydrogen) atoms. The maximum atomic E-state index is 3.81. The highest BCUT2D eigenvalue weighted by molar-refractivity contribution is 5.36. The molecule has 3 rings (SSSR count). The molecular weight excluding hydrogens is 242 g/mol. The van der Waals surface area contributed by atoms with Crippen LogP contribution in [0.15, 0.2) is 12.1 Å². The van der Waals surface area contributed by atoms with Gasteiger partial charge >= 0.3 is 0 Å². The Kier molecular flexibility index (Phi) is 3.90.